The molecule has 0 unspecified atom stereocenters. The Morgan fingerprint density at radius 1 is 0.964 bits per heavy atom. The number of anilines is 1. The van der Waals surface area contributed by atoms with Gasteiger partial charge in [-0.2, -0.15) is 0 Å². The van der Waals surface area contributed by atoms with Gasteiger partial charge in [0.2, 0.25) is 5.69 Å². The highest BCUT2D eigenvalue weighted by molar-refractivity contribution is 6.03. The summed E-state index contributed by atoms with van der Waals surface area (Å²) in [5.41, 5.74) is 6.89. The Bertz CT molecular complexity index is 1030. The maximum absolute atomic E-state index is 12.8. The minimum Gasteiger partial charge on any atom is -0.458 e. The molecule has 3 rings (SSSR count). The molecule has 8 nitrogen and oxygen atoms in total. The second-order valence-corrected chi connectivity index (χ2v) is 6.83. The number of benzene rings is 2. The first-order valence-electron chi connectivity index (χ1n) is 8.94. The van der Waals surface area contributed by atoms with Gasteiger partial charge < -0.3 is 15.2 Å². The zero-order chi connectivity index (χ0) is 20.4. The lowest BCUT2D eigenvalue weighted by atomic mass is 10.1. The van der Waals surface area contributed by atoms with Crippen LogP contribution in [0.4, 0.5) is 5.69 Å². The normalized spacial score (nSPS) is 11.2. The van der Waals surface area contributed by atoms with Crippen LogP contribution < -0.4 is 5.73 Å². The highest BCUT2D eigenvalue weighted by atomic mass is 16.5. The third-order valence-electron chi connectivity index (χ3n) is 3.89. The van der Waals surface area contributed by atoms with E-state index in [1.807, 2.05) is 24.3 Å². The van der Waals surface area contributed by atoms with Crippen molar-refractivity contribution in [2.24, 2.45) is 0 Å². The standard InChI is InChI=1S/C20H22N4O4/c1-11(2)27-19(25)17-18(20(26)28-12(3)4)24(23-22-17)15-10-6-8-13-7-5-9-14(21)16(13)15/h5-12H,21H2,1-4H3. The Labute approximate surface area is 162 Å². The lowest BCUT2D eigenvalue weighted by molar-refractivity contribution is 0.0318. The highest BCUT2D eigenvalue weighted by Gasteiger charge is 2.30. The van der Waals surface area contributed by atoms with Crippen molar-refractivity contribution in [3.8, 4) is 5.69 Å². The Kier molecular flexibility index (Phi) is 5.30. The van der Waals surface area contributed by atoms with Crippen molar-refractivity contribution in [2.45, 2.75) is 39.9 Å². The topological polar surface area (TPSA) is 109 Å². The van der Waals surface area contributed by atoms with Crippen molar-refractivity contribution in [1.82, 2.24) is 15.0 Å². The van der Waals surface area contributed by atoms with Crippen LogP contribution in [0, 0.1) is 0 Å². The van der Waals surface area contributed by atoms with Gasteiger partial charge in [-0.1, -0.05) is 29.5 Å². The Morgan fingerprint density at radius 3 is 2.21 bits per heavy atom. The summed E-state index contributed by atoms with van der Waals surface area (Å²) in [6.07, 6.45) is -0.762. The van der Waals surface area contributed by atoms with E-state index in [0.29, 0.717) is 16.8 Å². The molecule has 8 heteroatoms. The van der Waals surface area contributed by atoms with Crippen LogP contribution in [0.15, 0.2) is 36.4 Å². The summed E-state index contributed by atoms with van der Waals surface area (Å²) >= 11 is 0. The molecule has 0 saturated carbocycles. The van der Waals surface area contributed by atoms with E-state index in [-0.39, 0.29) is 23.6 Å². The maximum atomic E-state index is 12.8. The van der Waals surface area contributed by atoms with Crippen molar-refractivity contribution in [3.63, 3.8) is 0 Å². The van der Waals surface area contributed by atoms with E-state index in [1.165, 1.54) is 4.68 Å². The number of nitrogens with zero attached hydrogens (tertiary/aromatic N) is 3. The molecular formula is C20H22N4O4. The van der Waals surface area contributed by atoms with Crippen LogP contribution in [-0.2, 0) is 9.47 Å². The Balaban J connectivity index is 2.24. The van der Waals surface area contributed by atoms with Gasteiger partial charge in [0.15, 0.2) is 5.69 Å². The van der Waals surface area contributed by atoms with Gasteiger partial charge >= 0.3 is 11.9 Å². The molecule has 1 aromatic heterocycles. The largest absolute Gasteiger partial charge is 0.458 e. The zero-order valence-electron chi connectivity index (χ0n) is 16.2. The fourth-order valence-corrected chi connectivity index (χ4v) is 2.84. The Hall–Kier alpha value is -3.42. The molecule has 0 radical (unpaired) electrons. The molecule has 0 aliphatic heterocycles. The van der Waals surface area contributed by atoms with Crippen LogP contribution in [0.25, 0.3) is 16.5 Å². The first-order chi connectivity index (χ1) is 13.3. The summed E-state index contributed by atoms with van der Waals surface area (Å²) < 4.78 is 11.8. The minimum absolute atomic E-state index is 0.102. The molecule has 0 saturated heterocycles. The average Bonchev–Trinajstić information content (AvgIpc) is 3.05. The van der Waals surface area contributed by atoms with E-state index in [4.69, 9.17) is 15.2 Å². The molecule has 2 N–H and O–H groups in total. The number of hydrogen-bond donors (Lipinski definition) is 1. The smallest absolute Gasteiger partial charge is 0.361 e. The molecule has 0 atom stereocenters. The summed E-state index contributed by atoms with van der Waals surface area (Å²) in [5.74, 6) is -1.47. The predicted octanol–water partition coefficient (Wildman–Crippen LogP) is 3.13. The first kappa shape index (κ1) is 19.3. The van der Waals surface area contributed by atoms with E-state index < -0.39 is 11.9 Å². The predicted molar refractivity (Wildman–Crippen MR) is 104 cm³/mol. The molecule has 0 amide bonds. The van der Waals surface area contributed by atoms with Gasteiger partial charge in [0.05, 0.1) is 17.9 Å². The molecular weight excluding hydrogens is 360 g/mol. The monoisotopic (exact) mass is 382 g/mol. The second-order valence-electron chi connectivity index (χ2n) is 6.83. The van der Waals surface area contributed by atoms with E-state index in [0.717, 1.165) is 5.39 Å². The van der Waals surface area contributed by atoms with Crippen molar-refractivity contribution in [3.05, 3.63) is 47.8 Å². The molecule has 0 fully saturated rings. The molecule has 0 bridgehead atoms. The van der Waals surface area contributed by atoms with Crippen LogP contribution >= 0.6 is 0 Å². The lowest BCUT2D eigenvalue weighted by Crippen LogP contribution is -2.21. The molecule has 3 aromatic rings. The number of nitrogens with two attached hydrogens (primary N) is 1. The van der Waals surface area contributed by atoms with Gasteiger partial charge in [0.25, 0.3) is 0 Å². The molecule has 1 heterocycles. The van der Waals surface area contributed by atoms with E-state index >= 15 is 0 Å². The van der Waals surface area contributed by atoms with Crippen molar-refractivity contribution in [2.75, 3.05) is 5.73 Å². The van der Waals surface area contributed by atoms with Gasteiger partial charge in [-0.25, -0.2) is 14.3 Å². The number of carbonyl (C=O) groups is 2. The van der Waals surface area contributed by atoms with Gasteiger partial charge in [-0.05, 0) is 45.2 Å². The Morgan fingerprint density at radius 2 is 1.57 bits per heavy atom. The van der Waals surface area contributed by atoms with Crippen LogP contribution in [0.5, 0.6) is 0 Å². The number of nitrogen functional groups attached to an aromatic ring is 1. The van der Waals surface area contributed by atoms with Gasteiger partial charge in [-0.3, -0.25) is 0 Å². The molecule has 2 aromatic carbocycles. The van der Waals surface area contributed by atoms with E-state index in [9.17, 15) is 9.59 Å². The van der Waals surface area contributed by atoms with Gasteiger partial charge in [0, 0.05) is 11.1 Å². The van der Waals surface area contributed by atoms with Gasteiger partial charge in [0.1, 0.15) is 0 Å². The summed E-state index contributed by atoms with van der Waals surface area (Å²) in [5, 5.41) is 9.51. The summed E-state index contributed by atoms with van der Waals surface area (Å²) in [6, 6.07) is 10.9. The van der Waals surface area contributed by atoms with Crippen LogP contribution in [-0.4, -0.2) is 39.1 Å². The van der Waals surface area contributed by atoms with Crippen molar-refractivity contribution >= 4 is 28.4 Å². The van der Waals surface area contributed by atoms with Gasteiger partial charge in [-0.15, -0.1) is 5.10 Å². The number of aromatic nitrogens is 3. The van der Waals surface area contributed by atoms with Crippen LogP contribution in [0.3, 0.4) is 0 Å². The number of hydrogen-bond acceptors (Lipinski definition) is 7. The number of rotatable bonds is 5. The van der Waals surface area contributed by atoms with Crippen molar-refractivity contribution < 1.29 is 19.1 Å². The quantitative estimate of drug-likeness (QED) is 0.533. The summed E-state index contributed by atoms with van der Waals surface area (Å²) in [6.45, 7) is 6.85. The fourth-order valence-electron chi connectivity index (χ4n) is 2.84. The third-order valence-corrected chi connectivity index (χ3v) is 3.89. The fraction of sp³-hybridized carbons (Fsp3) is 0.300. The van der Waals surface area contributed by atoms with Crippen LogP contribution in [0.1, 0.15) is 48.7 Å². The molecule has 0 aliphatic rings. The van der Waals surface area contributed by atoms with E-state index in [1.54, 1.807) is 39.8 Å². The second kappa shape index (κ2) is 7.67. The number of carbonyl (C=O) groups excluding carboxylic acids is 2. The van der Waals surface area contributed by atoms with E-state index in [2.05, 4.69) is 10.3 Å². The molecule has 28 heavy (non-hydrogen) atoms. The third kappa shape index (κ3) is 3.66. The first-order valence-corrected chi connectivity index (χ1v) is 8.94. The SMILES string of the molecule is CC(C)OC(=O)c1nnn(-c2cccc3cccc(N)c23)c1C(=O)OC(C)C. The maximum Gasteiger partial charge on any atom is 0.361 e. The molecule has 0 spiro atoms. The molecule has 0 aliphatic carbocycles. The average molecular weight is 382 g/mol. The summed E-state index contributed by atoms with van der Waals surface area (Å²) in [7, 11) is 0. The lowest BCUT2D eigenvalue weighted by Gasteiger charge is -2.13. The summed E-state index contributed by atoms with van der Waals surface area (Å²) in [4.78, 5) is 25.3. The zero-order valence-corrected chi connectivity index (χ0v) is 16.2. The number of ether oxygens (including phenoxy) is 2. The van der Waals surface area contributed by atoms with Crippen LogP contribution in [0.2, 0.25) is 0 Å². The highest BCUT2D eigenvalue weighted by Crippen LogP contribution is 2.29. The molecule has 146 valence electrons. The minimum atomic E-state index is -0.745. The number of esters is 2. The van der Waals surface area contributed by atoms with Crippen molar-refractivity contribution in [1.29, 1.82) is 0 Å². The number of fused-ring (bicyclic) bond motifs is 1.